The number of nitrogens with zero attached hydrogens (tertiary/aromatic N) is 1. The lowest BCUT2D eigenvalue weighted by Crippen LogP contribution is -2.65. The fourth-order valence-electron chi connectivity index (χ4n) is 3.06. The average Bonchev–Trinajstić information content (AvgIpc) is 2.89. The van der Waals surface area contributed by atoms with E-state index in [0.29, 0.717) is 11.8 Å². The second kappa shape index (κ2) is 5.48. The van der Waals surface area contributed by atoms with Gasteiger partial charge in [-0.1, -0.05) is 11.6 Å². The first-order chi connectivity index (χ1) is 10.7. The fraction of sp³-hybridized carbons (Fsp3) is 0.471. The first kappa shape index (κ1) is 13.9. The molecule has 0 radical (unpaired) electrons. The van der Waals surface area contributed by atoms with Crippen molar-refractivity contribution >= 4 is 0 Å². The first-order valence-electron chi connectivity index (χ1n) is 7.79. The molecule has 0 unspecified atom stereocenters. The molecule has 5 heteroatoms. The number of aromatic nitrogens is 1. The van der Waals surface area contributed by atoms with Crippen LogP contribution < -0.4 is 5.32 Å². The lowest BCUT2D eigenvalue weighted by Gasteiger charge is -2.46. The maximum Gasteiger partial charge on any atom is 0.167 e. The standard InChI is InChI=1S/C17H19FN2O2/c18-13-6-4-12(5-7-13)16-8-15(20-22-16)9-17(10-21-11-17)19-14-2-1-3-14/h4-8,14,19H,1-3,9-11H2. The third kappa shape index (κ3) is 2.66. The first-order valence-corrected chi connectivity index (χ1v) is 7.79. The third-order valence-electron chi connectivity index (χ3n) is 4.58. The number of rotatable bonds is 5. The lowest BCUT2D eigenvalue weighted by molar-refractivity contribution is -0.0838. The van der Waals surface area contributed by atoms with Crippen molar-refractivity contribution in [2.75, 3.05) is 13.2 Å². The van der Waals surface area contributed by atoms with Gasteiger partial charge in [0.15, 0.2) is 5.76 Å². The van der Waals surface area contributed by atoms with E-state index in [9.17, 15) is 4.39 Å². The number of benzene rings is 1. The molecular weight excluding hydrogens is 283 g/mol. The summed E-state index contributed by atoms with van der Waals surface area (Å²) in [5.41, 5.74) is 1.75. The highest BCUT2D eigenvalue weighted by atomic mass is 19.1. The normalized spacial score (nSPS) is 20.4. The zero-order valence-corrected chi connectivity index (χ0v) is 12.3. The summed E-state index contributed by atoms with van der Waals surface area (Å²) in [5.74, 6) is 0.424. The van der Waals surface area contributed by atoms with Crippen LogP contribution in [0.2, 0.25) is 0 Å². The molecule has 2 aliphatic rings. The topological polar surface area (TPSA) is 47.3 Å². The molecule has 2 aromatic rings. The van der Waals surface area contributed by atoms with Crippen LogP contribution in [0.4, 0.5) is 4.39 Å². The Labute approximate surface area is 128 Å². The van der Waals surface area contributed by atoms with Gasteiger partial charge in [-0.15, -0.1) is 0 Å². The molecule has 2 fully saturated rings. The van der Waals surface area contributed by atoms with Crippen molar-refractivity contribution in [3.05, 3.63) is 41.8 Å². The van der Waals surface area contributed by atoms with E-state index in [-0.39, 0.29) is 11.4 Å². The second-order valence-corrected chi connectivity index (χ2v) is 6.41. The Morgan fingerprint density at radius 1 is 1.23 bits per heavy atom. The highest BCUT2D eigenvalue weighted by Crippen LogP contribution is 2.29. The Hall–Kier alpha value is -1.72. The molecule has 1 saturated heterocycles. The van der Waals surface area contributed by atoms with Crippen molar-refractivity contribution in [3.63, 3.8) is 0 Å². The Balaban J connectivity index is 1.47. The summed E-state index contributed by atoms with van der Waals surface area (Å²) >= 11 is 0. The predicted octanol–water partition coefficient (Wildman–Crippen LogP) is 2.93. The molecule has 0 bridgehead atoms. The minimum absolute atomic E-state index is 0.00201. The molecule has 1 aromatic carbocycles. The Morgan fingerprint density at radius 3 is 2.59 bits per heavy atom. The van der Waals surface area contributed by atoms with Crippen molar-refractivity contribution in [3.8, 4) is 11.3 Å². The molecule has 1 aromatic heterocycles. The van der Waals surface area contributed by atoms with E-state index in [2.05, 4.69) is 10.5 Å². The molecule has 4 nitrogen and oxygen atoms in total. The molecule has 4 rings (SSSR count). The van der Waals surface area contributed by atoms with E-state index >= 15 is 0 Å². The van der Waals surface area contributed by atoms with Crippen LogP contribution in [0.1, 0.15) is 25.0 Å². The van der Waals surface area contributed by atoms with E-state index < -0.39 is 0 Å². The van der Waals surface area contributed by atoms with Crippen molar-refractivity contribution in [2.24, 2.45) is 0 Å². The van der Waals surface area contributed by atoms with Crippen molar-refractivity contribution in [1.82, 2.24) is 10.5 Å². The summed E-state index contributed by atoms with van der Waals surface area (Å²) in [6.45, 7) is 1.45. The molecule has 0 amide bonds. The van der Waals surface area contributed by atoms with Gasteiger partial charge < -0.3 is 14.6 Å². The molecule has 1 aliphatic heterocycles. The van der Waals surface area contributed by atoms with Gasteiger partial charge in [-0.25, -0.2) is 4.39 Å². The summed E-state index contributed by atoms with van der Waals surface area (Å²) in [6.07, 6.45) is 4.62. The van der Waals surface area contributed by atoms with Crippen LogP contribution in [0.25, 0.3) is 11.3 Å². The van der Waals surface area contributed by atoms with Gasteiger partial charge in [-0.05, 0) is 37.1 Å². The summed E-state index contributed by atoms with van der Waals surface area (Å²) < 4.78 is 23.8. The van der Waals surface area contributed by atoms with Crippen molar-refractivity contribution < 1.29 is 13.7 Å². The van der Waals surface area contributed by atoms with Gasteiger partial charge in [-0.3, -0.25) is 0 Å². The van der Waals surface area contributed by atoms with Crippen LogP contribution in [0, 0.1) is 5.82 Å². The Morgan fingerprint density at radius 2 is 2.00 bits per heavy atom. The van der Waals surface area contributed by atoms with Gasteiger partial charge in [0.25, 0.3) is 0 Å². The molecule has 116 valence electrons. The van der Waals surface area contributed by atoms with E-state index in [4.69, 9.17) is 9.26 Å². The molecule has 1 N–H and O–H groups in total. The Bertz CT molecular complexity index is 645. The lowest BCUT2D eigenvalue weighted by atomic mass is 9.85. The number of hydrogen-bond acceptors (Lipinski definition) is 4. The summed E-state index contributed by atoms with van der Waals surface area (Å²) in [5, 5.41) is 7.88. The second-order valence-electron chi connectivity index (χ2n) is 6.41. The zero-order valence-electron chi connectivity index (χ0n) is 12.3. The molecule has 0 atom stereocenters. The van der Waals surface area contributed by atoms with Gasteiger partial charge in [0.05, 0.1) is 24.4 Å². The summed E-state index contributed by atoms with van der Waals surface area (Å²) in [4.78, 5) is 0. The number of ether oxygens (including phenoxy) is 1. The monoisotopic (exact) mass is 302 g/mol. The quantitative estimate of drug-likeness (QED) is 0.922. The Kier molecular flexibility index (Phi) is 3.47. The minimum Gasteiger partial charge on any atom is -0.377 e. The SMILES string of the molecule is Fc1ccc(-c2cc(CC3(NC4CCC4)COC3)no2)cc1. The van der Waals surface area contributed by atoms with Crippen molar-refractivity contribution in [1.29, 1.82) is 0 Å². The summed E-state index contributed by atoms with van der Waals surface area (Å²) in [7, 11) is 0. The fourth-order valence-corrected chi connectivity index (χ4v) is 3.06. The van der Waals surface area contributed by atoms with E-state index in [1.54, 1.807) is 12.1 Å². The smallest absolute Gasteiger partial charge is 0.167 e. The predicted molar refractivity (Wildman–Crippen MR) is 79.9 cm³/mol. The van der Waals surface area contributed by atoms with Gasteiger partial charge >= 0.3 is 0 Å². The maximum atomic E-state index is 13.0. The molecule has 1 saturated carbocycles. The van der Waals surface area contributed by atoms with Gasteiger partial charge in [0.2, 0.25) is 0 Å². The average molecular weight is 302 g/mol. The van der Waals surface area contributed by atoms with Crippen molar-refractivity contribution in [2.45, 2.75) is 37.3 Å². The van der Waals surface area contributed by atoms with E-state index in [1.807, 2.05) is 6.07 Å². The number of halogens is 1. The number of nitrogens with one attached hydrogen (secondary N) is 1. The van der Waals surface area contributed by atoms with Gasteiger partial charge in [-0.2, -0.15) is 0 Å². The maximum absolute atomic E-state index is 13.0. The molecule has 2 heterocycles. The highest BCUT2D eigenvalue weighted by Gasteiger charge is 2.41. The van der Waals surface area contributed by atoms with Crippen LogP contribution in [-0.4, -0.2) is 30.0 Å². The molecule has 1 aliphatic carbocycles. The highest BCUT2D eigenvalue weighted by molar-refractivity contribution is 5.57. The number of hydrogen-bond donors (Lipinski definition) is 1. The van der Waals surface area contributed by atoms with Crippen LogP contribution in [-0.2, 0) is 11.2 Å². The largest absolute Gasteiger partial charge is 0.377 e. The van der Waals surface area contributed by atoms with E-state index in [1.165, 1.54) is 31.4 Å². The third-order valence-corrected chi connectivity index (χ3v) is 4.58. The van der Waals surface area contributed by atoms with Crippen LogP contribution >= 0.6 is 0 Å². The van der Waals surface area contributed by atoms with Crippen LogP contribution in [0.15, 0.2) is 34.9 Å². The minimum atomic E-state index is -0.251. The molecule has 0 spiro atoms. The molecular formula is C17H19FN2O2. The van der Waals surface area contributed by atoms with Gasteiger partial charge in [0, 0.05) is 24.1 Å². The van der Waals surface area contributed by atoms with Gasteiger partial charge in [0.1, 0.15) is 5.82 Å². The van der Waals surface area contributed by atoms with Crippen LogP contribution in [0.5, 0.6) is 0 Å². The summed E-state index contributed by atoms with van der Waals surface area (Å²) in [6, 6.07) is 8.82. The molecule has 22 heavy (non-hydrogen) atoms. The van der Waals surface area contributed by atoms with Crippen LogP contribution in [0.3, 0.4) is 0 Å². The zero-order chi connectivity index (χ0) is 15.0. The van der Waals surface area contributed by atoms with E-state index in [0.717, 1.165) is 30.9 Å².